The first-order valence-electron chi connectivity index (χ1n) is 4.60. The Balaban J connectivity index is 2.25. The van der Waals surface area contributed by atoms with Gasteiger partial charge in [0.15, 0.2) is 0 Å². The highest BCUT2D eigenvalue weighted by Gasteiger charge is 2.12. The van der Waals surface area contributed by atoms with Gasteiger partial charge in [-0.2, -0.15) is 5.10 Å². The minimum absolute atomic E-state index is 0.152. The van der Waals surface area contributed by atoms with Crippen molar-refractivity contribution in [3.8, 4) is 0 Å². The van der Waals surface area contributed by atoms with Crippen LogP contribution in [0, 0.1) is 6.92 Å². The van der Waals surface area contributed by atoms with Crippen molar-refractivity contribution >= 4 is 23.2 Å². The molecule has 2 rings (SSSR count). The SMILES string of the molecule is Cc1cccc(Cl)c1NC(=O)c1ncn[nH]1. The van der Waals surface area contributed by atoms with Crippen LogP contribution in [0.4, 0.5) is 5.69 Å². The molecule has 1 aromatic heterocycles. The number of anilines is 1. The van der Waals surface area contributed by atoms with Gasteiger partial charge in [-0.25, -0.2) is 4.98 Å². The second kappa shape index (κ2) is 4.32. The number of rotatable bonds is 2. The van der Waals surface area contributed by atoms with Crippen molar-refractivity contribution in [1.29, 1.82) is 0 Å². The van der Waals surface area contributed by atoms with Gasteiger partial charge in [0, 0.05) is 0 Å². The normalized spacial score (nSPS) is 10.1. The Bertz CT molecular complexity index is 489. The molecule has 0 bridgehead atoms. The summed E-state index contributed by atoms with van der Waals surface area (Å²) in [5.41, 5.74) is 1.48. The summed E-state index contributed by atoms with van der Waals surface area (Å²) in [5, 5.41) is 9.25. The van der Waals surface area contributed by atoms with E-state index in [1.807, 2.05) is 19.1 Å². The maximum absolute atomic E-state index is 11.7. The minimum atomic E-state index is -0.367. The van der Waals surface area contributed by atoms with Crippen molar-refractivity contribution in [2.24, 2.45) is 0 Å². The summed E-state index contributed by atoms with van der Waals surface area (Å²) < 4.78 is 0. The molecule has 0 aliphatic heterocycles. The molecule has 0 atom stereocenters. The van der Waals surface area contributed by atoms with E-state index in [4.69, 9.17) is 11.6 Å². The number of carbonyl (C=O) groups is 1. The molecule has 0 unspecified atom stereocenters. The summed E-state index contributed by atoms with van der Waals surface area (Å²) >= 11 is 5.97. The number of para-hydroxylation sites is 1. The smallest absolute Gasteiger partial charge is 0.293 e. The Hall–Kier alpha value is -1.88. The lowest BCUT2D eigenvalue weighted by Gasteiger charge is -2.08. The van der Waals surface area contributed by atoms with Gasteiger partial charge in [-0.3, -0.25) is 9.89 Å². The molecule has 0 saturated heterocycles. The monoisotopic (exact) mass is 236 g/mol. The van der Waals surface area contributed by atoms with Crippen molar-refractivity contribution in [1.82, 2.24) is 15.2 Å². The summed E-state index contributed by atoms with van der Waals surface area (Å²) in [4.78, 5) is 15.4. The van der Waals surface area contributed by atoms with Gasteiger partial charge in [0.25, 0.3) is 5.91 Å². The number of carbonyl (C=O) groups excluding carboxylic acids is 1. The van der Waals surface area contributed by atoms with Crippen LogP contribution in [0.1, 0.15) is 16.2 Å². The highest BCUT2D eigenvalue weighted by molar-refractivity contribution is 6.34. The molecular weight excluding hydrogens is 228 g/mol. The number of aromatic nitrogens is 3. The van der Waals surface area contributed by atoms with E-state index in [2.05, 4.69) is 20.5 Å². The second-order valence-electron chi connectivity index (χ2n) is 3.22. The van der Waals surface area contributed by atoms with E-state index in [9.17, 15) is 4.79 Å². The Morgan fingerprint density at radius 3 is 2.94 bits per heavy atom. The van der Waals surface area contributed by atoms with Gasteiger partial charge in [0.05, 0.1) is 10.7 Å². The average Bonchev–Trinajstić information content (AvgIpc) is 2.76. The van der Waals surface area contributed by atoms with E-state index < -0.39 is 0 Å². The van der Waals surface area contributed by atoms with Gasteiger partial charge in [0.2, 0.25) is 5.82 Å². The van der Waals surface area contributed by atoms with E-state index in [-0.39, 0.29) is 11.7 Å². The topological polar surface area (TPSA) is 70.7 Å². The fraction of sp³-hybridized carbons (Fsp3) is 0.100. The predicted octanol–water partition coefficient (Wildman–Crippen LogP) is 2.02. The van der Waals surface area contributed by atoms with Crippen molar-refractivity contribution in [2.45, 2.75) is 6.92 Å². The van der Waals surface area contributed by atoms with E-state index >= 15 is 0 Å². The van der Waals surface area contributed by atoms with Crippen LogP contribution in [-0.4, -0.2) is 21.1 Å². The van der Waals surface area contributed by atoms with Gasteiger partial charge in [0.1, 0.15) is 6.33 Å². The van der Waals surface area contributed by atoms with Crippen LogP contribution in [0.3, 0.4) is 0 Å². The van der Waals surface area contributed by atoms with Gasteiger partial charge >= 0.3 is 0 Å². The molecule has 1 heterocycles. The van der Waals surface area contributed by atoms with Crippen LogP contribution >= 0.6 is 11.6 Å². The van der Waals surface area contributed by atoms with Gasteiger partial charge in [-0.05, 0) is 18.6 Å². The summed E-state index contributed by atoms with van der Waals surface area (Å²) in [7, 11) is 0. The molecule has 0 radical (unpaired) electrons. The predicted molar refractivity (Wildman–Crippen MR) is 60.5 cm³/mol. The molecule has 82 valence electrons. The van der Waals surface area contributed by atoms with Gasteiger partial charge < -0.3 is 5.32 Å². The molecule has 0 aliphatic carbocycles. The number of H-pyrrole nitrogens is 1. The van der Waals surface area contributed by atoms with Crippen LogP contribution in [0.2, 0.25) is 5.02 Å². The number of nitrogens with one attached hydrogen (secondary N) is 2. The average molecular weight is 237 g/mol. The molecule has 6 heteroatoms. The van der Waals surface area contributed by atoms with E-state index in [1.54, 1.807) is 6.07 Å². The Morgan fingerprint density at radius 2 is 2.31 bits per heavy atom. The lowest BCUT2D eigenvalue weighted by Crippen LogP contribution is -2.14. The summed E-state index contributed by atoms with van der Waals surface area (Å²) in [6.07, 6.45) is 1.27. The number of amides is 1. The zero-order chi connectivity index (χ0) is 11.5. The van der Waals surface area contributed by atoms with Crippen molar-refractivity contribution in [3.63, 3.8) is 0 Å². The molecular formula is C10H9ClN4O. The third kappa shape index (κ3) is 2.04. The number of aromatic amines is 1. The molecule has 0 saturated carbocycles. The Morgan fingerprint density at radius 1 is 1.50 bits per heavy atom. The van der Waals surface area contributed by atoms with E-state index in [1.165, 1.54) is 6.33 Å². The first-order chi connectivity index (χ1) is 7.68. The largest absolute Gasteiger partial charge is 0.318 e. The molecule has 16 heavy (non-hydrogen) atoms. The molecule has 0 fully saturated rings. The van der Waals surface area contributed by atoms with Crippen molar-refractivity contribution in [3.05, 3.63) is 40.9 Å². The van der Waals surface area contributed by atoms with Gasteiger partial charge in [-0.1, -0.05) is 23.7 Å². The van der Waals surface area contributed by atoms with Crippen molar-refractivity contribution < 1.29 is 4.79 Å². The summed E-state index contributed by atoms with van der Waals surface area (Å²) in [5.74, 6) is -0.215. The van der Waals surface area contributed by atoms with Crippen LogP contribution < -0.4 is 5.32 Å². The molecule has 2 N–H and O–H groups in total. The van der Waals surface area contributed by atoms with Crippen LogP contribution in [0.25, 0.3) is 0 Å². The van der Waals surface area contributed by atoms with Crippen LogP contribution in [-0.2, 0) is 0 Å². The lowest BCUT2D eigenvalue weighted by molar-refractivity contribution is 0.101. The third-order valence-corrected chi connectivity index (χ3v) is 2.41. The number of halogens is 1. The molecule has 2 aromatic rings. The maximum atomic E-state index is 11.7. The number of nitrogens with zero attached hydrogens (tertiary/aromatic N) is 2. The lowest BCUT2D eigenvalue weighted by atomic mass is 10.2. The van der Waals surface area contributed by atoms with E-state index in [0.717, 1.165) is 5.56 Å². The molecule has 5 nitrogen and oxygen atoms in total. The number of benzene rings is 1. The standard InChI is InChI=1S/C10H9ClN4O/c1-6-3-2-4-7(11)8(6)14-10(16)9-12-5-13-15-9/h2-5H,1H3,(H,14,16)(H,12,13,15). The zero-order valence-electron chi connectivity index (χ0n) is 8.49. The number of aryl methyl sites for hydroxylation is 1. The highest BCUT2D eigenvalue weighted by Crippen LogP contribution is 2.25. The fourth-order valence-corrected chi connectivity index (χ4v) is 1.55. The molecule has 1 aromatic carbocycles. The number of hydrogen-bond acceptors (Lipinski definition) is 3. The Kier molecular flexibility index (Phi) is 2.87. The quantitative estimate of drug-likeness (QED) is 0.838. The summed E-state index contributed by atoms with van der Waals surface area (Å²) in [6.45, 7) is 1.86. The Labute approximate surface area is 96.8 Å². The maximum Gasteiger partial charge on any atom is 0.293 e. The first-order valence-corrected chi connectivity index (χ1v) is 4.98. The first kappa shape index (κ1) is 10.6. The van der Waals surface area contributed by atoms with Crippen LogP contribution in [0.5, 0.6) is 0 Å². The molecule has 1 amide bonds. The third-order valence-electron chi connectivity index (χ3n) is 2.09. The summed E-state index contributed by atoms with van der Waals surface area (Å²) in [6, 6.07) is 5.40. The van der Waals surface area contributed by atoms with Gasteiger partial charge in [-0.15, -0.1) is 0 Å². The number of hydrogen-bond donors (Lipinski definition) is 2. The molecule has 0 spiro atoms. The minimum Gasteiger partial charge on any atom is -0.318 e. The molecule has 0 aliphatic rings. The van der Waals surface area contributed by atoms with Crippen molar-refractivity contribution in [2.75, 3.05) is 5.32 Å². The highest BCUT2D eigenvalue weighted by atomic mass is 35.5. The zero-order valence-corrected chi connectivity index (χ0v) is 9.25. The van der Waals surface area contributed by atoms with E-state index in [0.29, 0.717) is 10.7 Å². The fourth-order valence-electron chi connectivity index (χ4n) is 1.28. The second-order valence-corrected chi connectivity index (χ2v) is 3.63. The van der Waals surface area contributed by atoms with Crippen LogP contribution in [0.15, 0.2) is 24.5 Å².